The fourth-order valence-electron chi connectivity index (χ4n) is 0.340. The van der Waals surface area contributed by atoms with Crippen molar-refractivity contribution in [2.24, 2.45) is 5.73 Å². The van der Waals surface area contributed by atoms with Crippen LogP contribution in [-0.2, 0) is 4.79 Å². The molecule has 0 aromatic heterocycles. The van der Waals surface area contributed by atoms with Gasteiger partial charge in [-0.15, -0.1) is 0 Å². The second kappa shape index (κ2) is 2.79. The van der Waals surface area contributed by atoms with Gasteiger partial charge in [-0.25, -0.2) is 0 Å². The molecule has 0 aliphatic heterocycles. The molecule has 3 N–H and O–H groups in total. The van der Waals surface area contributed by atoms with Gasteiger partial charge in [0.25, 0.3) is 0 Å². The summed E-state index contributed by atoms with van der Waals surface area (Å²) in [7, 11) is 0. The summed E-state index contributed by atoms with van der Waals surface area (Å²) in [5.41, 5.74) is 5.16. The molecular formula is C5H11NO2. The number of aliphatic hydroxyl groups excluding tert-OH is 1. The van der Waals surface area contributed by atoms with E-state index in [2.05, 4.69) is 0 Å². The quantitative estimate of drug-likeness (QED) is 0.502. The maximum atomic E-state index is 10.3. The van der Waals surface area contributed by atoms with Crippen molar-refractivity contribution in [3.63, 3.8) is 0 Å². The van der Waals surface area contributed by atoms with Gasteiger partial charge in [0, 0.05) is 0 Å². The number of carbonyl (C=O) groups excluding carboxylic acids is 1. The minimum atomic E-state index is -0.729. The number of rotatable bonds is 2. The van der Waals surface area contributed by atoms with Gasteiger partial charge in [0.05, 0.1) is 12.1 Å². The van der Waals surface area contributed by atoms with E-state index in [0.29, 0.717) is 0 Å². The summed E-state index contributed by atoms with van der Waals surface area (Å²) in [4.78, 5) is 10.3. The van der Waals surface area contributed by atoms with Crippen LogP contribution in [0.25, 0.3) is 0 Å². The highest BCUT2D eigenvalue weighted by Crippen LogP contribution is 1.87. The summed E-state index contributed by atoms with van der Waals surface area (Å²) in [5, 5.41) is 8.65. The summed E-state index contributed by atoms with van der Waals surface area (Å²) in [5.74, 6) is -0.181. The molecule has 2 atom stereocenters. The first-order valence-corrected chi connectivity index (χ1v) is 2.50. The van der Waals surface area contributed by atoms with E-state index in [4.69, 9.17) is 10.8 Å². The number of ketones is 1. The molecular weight excluding hydrogens is 106 g/mol. The van der Waals surface area contributed by atoms with Crippen molar-refractivity contribution in [1.29, 1.82) is 0 Å². The van der Waals surface area contributed by atoms with E-state index in [1.165, 1.54) is 13.8 Å². The van der Waals surface area contributed by atoms with Gasteiger partial charge in [0.2, 0.25) is 0 Å². The van der Waals surface area contributed by atoms with Crippen molar-refractivity contribution in [2.75, 3.05) is 0 Å². The Labute approximate surface area is 48.5 Å². The van der Waals surface area contributed by atoms with E-state index in [1.54, 1.807) is 0 Å². The second-order valence-corrected chi connectivity index (χ2v) is 1.88. The molecule has 0 saturated carbocycles. The first kappa shape index (κ1) is 7.59. The Morgan fingerprint density at radius 2 is 2.12 bits per heavy atom. The largest absolute Gasteiger partial charge is 0.391 e. The number of aliphatic hydroxyl groups is 1. The van der Waals surface area contributed by atoms with Gasteiger partial charge in [0.15, 0.2) is 0 Å². The highest BCUT2D eigenvalue weighted by atomic mass is 16.3. The fourth-order valence-corrected chi connectivity index (χ4v) is 0.340. The number of hydrogen-bond donors (Lipinski definition) is 2. The van der Waals surface area contributed by atoms with Crippen LogP contribution in [0, 0.1) is 0 Å². The summed E-state index contributed by atoms with van der Waals surface area (Å²) < 4.78 is 0. The Kier molecular flexibility index (Phi) is 2.65. The third-order valence-electron chi connectivity index (χ3n) is 0.989. The molecule has 3 nitrogen and oxygen atoms in total. The molecule has 8 heavy (non-hydrogen) atoms. The molecule has 0 aromatic carbocycles. The predicted octanol–water partition coefficient (Wildman–Crippen LogP) is -0.716. The first-order valence-electron chi connectivity index (χ1n) is 2.50. The Morgan fingerprint density at radius 1 is 1.75 bits per heavy atom. The Balaban J connectivity index is 3.64. The molecule has 0 aliphatic carbocycles. The van der Waals surface area contributed by atoms with Crippen molar-refractivity contribution < 1.29 is 9.90 Å². The summed E-state index contributed by atoms with van der Waals surface area (Å²) in [6.07, 6.45) is -0.729. The summed E-state index contributed by atoms with van der Waals surface area (Å²) >= 11 is 0. The van der Waals surface area contributed by atoms with E-state index in [-0.39, 0.29) is 5.78 Å². The highest BCUT2D eigenvalue weighted by Gasteiger charge is 2.12. The van der Waals surface area contributed by atoms with Crippen LogP contribution in [0.15, 0.2) is 0 Å². The molecule has 0 saturated heterocycles. The normalized spacial score (nSPS) is 17.5. The van der Waals surface area contributed by atoms with Gasteiger partial charge in [-0.1, -0.05) is 0 Å². The Morgan fingerprint density at radius 3 is 2.12 bits per heavy atom. The van der Waals surface area contributed by atoms with Crippen molar-refractivity contribution in [3.8, 4) is 0 Å². The average molecular weight is 117 g/mol. The molecule has 0 rings (SSSR count). The number of hydrogen-bond acceptors (Lipinski definition) is 3. The third-order valence-corrected chi connectivity index (χ3v) is 0.989. The van der Waals surface area contributed by atoms with Gasteiger partial charge < -0.3 is 10.8 Å². The minimum Gasteiger partial charge on any atom is -0.391 e. The second-order valence-electron chi connectivity index (χ2n) is 1.88. The van der Waals surface area contributed by atoms with Crippen LogP contribution in [0.1, 0.15) is 13.8 Å². The lowest BCUT2D eigenvalue weighted by Gasteiger charge is -2.08. The topological polar surface area (TPSA) is 63.3 Å². The molecule has 0 bridgehead atoms. The van der Waals surface area contributed by atoms with E-state index in [9.17, 15) is 4.79 Å². The minimum absolute atomic E-state index is 0.181. The SMILES string of the molecule is CC(=O)[C@H](N)C(C)O. The predicted molar refractivity (Wildman–Crippen MR) is 30.3 cm³/mol. The smallest absolute Gasteiger partial charge is 0.149 e. The van der Waals surface area contributed by atoms with Gasteiger partial charge in [-0.05, 0) is 13.8 Å². The summed E-state index contributed by atoms with van der Waals surface area (Å²) in [6.45, 7) is 2.85. The van der Waals surface area contributed by atoms with Crippen molar-refractivity contribution in [1.82, 2.24) is 0 Å². The molecule has 0 spiro atoms. The molecule has 0 aromatic rings. The van der Waals surface area contributed by atoms with E-state index in [0.717, 1.165) is 0 Å². The monoisotopic (exact) mass is 117 g/mol. The van der Waals surface area contributed by atoms with Gasteiger partial charge >= 0.3 is 0 Å². The van der Waals surface area contributed by atoms with E-state index >= 15 is 0 Å². The molecule has 0 aliphatic rings. The lowest BCUT2D eigenvalue weighted by molar-refractivity contribution is -0.120. The van der Waals surface area contributed by atoms with Crippen LogP contribution in [0.4, 0.5) is 0 Å². The first-order chi connectivity index (χ1) is 3.55. The van der Waals surface area contributed by atoms with E-state index < -0.39 is 12.1 Å². The van der Waals surface area contributed by atoms with Crippen LogP contribution >= 0.6 is 0 Å². The van der Waals surface area contributed by atoms with E-state index in [1.807, 2.05) is 0 Å². The molecule has 0 amide bonds. The zero-order valence-electron chi connectivity index (χ0n) is 5.09. The number of carbonyl (C=O) groups is 1. The van der Waals surface area contributed by atoms with Gasteiger partial charge in [-0.2, -0.15) is 0 Å². The molecule has 3 heteroatoms. The lowest BCUT2D eigenvalue weighted by atomic mass is 10.1. The van der Waals surface area contributed by atoms with Crippen LogP contribution in [-0.4, -0.2) is 23.0 Å². The van der Waals surface area contributed by atoms with Gasteiger partial charge in [0.1, 0.15) is 5.78 Å². The fraction of sp³-hybridized carbons (Fsp3) is 0.800. The molecule has 1 unspecified atom stereocenters. The van der Waals surface area contributed by atoms with Crippen LogP contribution in [0.5, 0.6) is 0 Å². The third kappa shape index (κ3) is 2.04. The van der Waals surface area contributed by atoms with Gasteiger partial charge in [-0.3, -0.25) is 4.79 Å². The van der Waals surface area contributed by atoms with Crippen LogP contribution < -0.4 is 5.73 Å². The Bertz CT molecular complexity index is 90.4. The zero-order valence-corrected chi connectivity index (χ0v) is 5.09. The maximum absolute atomic E-state index is 10.3. The van der Waals surface area contributed by atoms with Crippen LogP contribution in [0.3, 0.4) is 0 Å². The Hall–Kier alpha value is -0.410. The van der Waals surface area contributed by atoms with Crippen molar-refractivity contribution >= 4 is 5.78 Å². The number of Topliss-reactive ketones (excluding diaryl/α,β-unsaturated/α-hetero) is 1. The standard InChI is InChI=1S/C5H11NO2/c1-3(7)5(6)4(2)8/h3,5,7H,6H2,1-2H3/t3?,5-/m1/s1. The zero-order chi connectivity index (χ0) is 6.73. The van der Waals surface area contributed by atoms with Crippen molar-refractivity contribution in [3.05, 3.63) is 0 Å². The molecule has 48 valence electrons. The van der Waals surface area contributed by atoms with Crippen LogP contribution in [0.2, 0.25) is 0 Å². The summed E-state index contributed by atoms with van der Waals surface area (Å²) in [6, 6.07) is -0.713. The average Bonchev–Trinajstić information content (AvgIpc) is 1.64. The van der Waals surface area contributed by atoms with Crippen molar-refractivity contribution in [2.45, 2.75) is 26.0 Å². The lowest BCUT2D eigenvalue weighted by Crippen LogP contribution is -2.38. The molecule has 0 fully saturated rings. The maximum Gasteiger partial charge on any atom is 0.149 e. The number of nitrogens with two attached hydrogens (primary N) is 1. The molecule has 0 heterocycles. The molecule has 0 radical (unpaired) electrons. The highest BCUT2D eigenvalue weighted by molar-refractivity contribution is 5.81.